The van der Waals surface area contributed by atoms with Gasteiger partial charge >= 0.3 is 5.97 Å². The summed E-state index contributed by atoms with van der Waals surface area (Å²) in [5.74, 6) is -1.11. The Bertz CT molecular complexity index is 1000. The zero-order chi connectivity index (χ0) is 20.1. The van der Waals surface area contributed by atoms with E-state index in [-0.39, 0.29) is 6.42 Å². The number of carbonyl (C=O) groups excluding carboxylic acids is 2. The van der Waals surface area contributed by atoms with Crippen LogP contribution in [0.5, 0.6) is 0 Å². The largest absolute Gasteiger partial charge is 0.455 e. The minimum Gasteiger partial charge on any atom is -0.455 e. The number of esters is 1. The molecular weight excluding hydrogens is 443 g/mol. The number of thiazole rings is 1. The van der Waals surface area contributed by atoms with Crippen molar-refractivity contribution >= 4 is 63.1 Å². The number of halogens is 3. The minimum absolute atomic E-state index is 0.125. The second kappa shape index (κ2) is 9.39. The van der Waals surface area contributed by atoms with Crippen molar-refractivity contribution in [2.75, 3.05) is 11.9 Å². The zero-order valence-electron chi connectivity index (χ0n) is 14.2. The molecule has 0 bridgehead atoms. The Kier molecular flexibility index (Phi) is 6.91. The molecule has 0 aliphatic rings. The van der Waals surface area contributed by atoms with Crippen LogP contribution in [0, 0.1) is 0 Å². The van der Waals surface area contributed by atoms with E-state index in [1.54, 1.807) is 29.6 Å². The van der Waals surface area contributed by atoms with Gasteiger partial charge in [-0.05, 0) is 18.2 Å². The highest BCUT2D eigenvalue weighted by Gasteiger charge is 2.15. The van der Waals surface area contributed by atoms with E-state index >= 15 is 0 Å². The molecule has 9 heteroatoms. The van der Waals surface area contributed by atoms with Crippen LogP contribution in [0.4, 0.5) is 5.13 Å². The maximum atomic E-state index is 12.0. The molecule has 0 saturated heterocycles. The molecule has 0 spiro atoms. The van der Waals surface area contributed by atoms with Crippen LogP contribution in [0.3, 0.4) is 0 Å². The number of aromatic nitrogens is 1. The summed E-state index contributed by atoms with van der Waals surface area (Å²) >= 11 is 19.4. The van der Waals surface area contributed by atoms with E-state index in [4.69, 9.17) is 39.5 Å². The number of benzene rings is 2. The SMILES string of the molecule is O=C(COC(=O)Cc1c(Cl)cccc1Cl)Nc1nc(-c2ccccc2Cl)cs1. The predicted molar refractivity (Wildman–Crippen MR) is 112 cm³/mol. The van der Waals surface area contributed by atoms with Gasteiger partial charge in [0.25, 0.3) is 5.91 Å². The molecular formula is C19H13Cl3N2O3S. The average molecular weight is 456 g/mol. The number of carbonyl (C=O) groups is 2. The van der Waals surface area contributed by atoms with Gasteiger partial charge in [0.05, 0.1) is 12.1 Å². The molecule has 28 heavy (non-hydrogen) atoms. The second-order valence-electron chi connectivity index (χ2n) is 5.60. The van der Waals surface area contributed by atoms with E-state index in [1.807, 2.05) is 18.2 Å². The Hall–Kier alpha value is -2.12. The lowest BCUT2D eigenvalue weighted by molar-refractivity contribution is -0.146. The Morgan fingerprint density at radius 3 is 2.39 bits per heavy atom. The quantitative estimate of drug-likeness (QED) is 0.499. The fourth-order valence-electron chi connectivity index (χ4n) is 2.32. The van der Waals surface area contributed by atoms with E-state index in [0.717, 1.165) is 5.56 Å². The third kappa shape index (κ3) is 5.23. The molecule has 0 aliphatic heterocycles. The summed E-state index contributed by atoms with van der Waals surface area (Å²) in [6.07, 6.45) is -0.125. The van der Waals surface area contributed by atoms with Crippen molar-refractivity contribution in [3.8, 4) is 11.3 Å². The monoisotopic (exact) mass is 454 g/mol. The third-order valence-corrected chi connectivity index (χ3v) is 5.44. The van der Waals surface area contributed by atoms with Crippen molar-refractivity contribution in [1.82, 2.24) is 4.98 Å². The number of rotatable bonds is 6. The molecule has 144 valence electrons. The van der Waals surface area contributed by atoms with Crippen LogP contribution in [-0.4, -0.2) is 23.5 Å². The number of nitrogens with zero attached hydrogens (tertiary/aromatic N) is 1. The molecule has 1 heterocycles. The highest BCUT2D eigenvalue weighted by atomic mass is 35.5. The number of anilines is 1. The smallest absolute Gasteiger partial charge is 0.310 e. The lowest BCUT2D eigenvalue weighted by Gasteiger charge is -2.07. The predicted octanol–water partition coefficient (Wildman–Crippen LogP) is 5.49. The van der Waals surface area contributed by atoms with Gasteiger partial charge in [0.2, 0.25) is 0 Å². The summed E-state index contributed by atoms with van der Waals surface area (Å²) in [5, 5.41) is 6.05. The molecule has 0 saturated carbocycles. The normalized spacial score (nSPS) is 10.5. The number of nitrogens with one attached hydrogen (secondary N) is 1. The van der Waals surface area contributed by atoms with Gasteiger partial charge in [-0.1, -0.05) is 59.1 Å². The van der Waals surface area contributed by atoms with E-state index in [9.17, 15) is 9.59 Å². The summed E-state index contributed by atoms with van der Waals surface area (Å²) in [4.78, 5) is 28.3. The molecule has 5 nitrogen and oxygen atoms in total. The first kappa shape index (κ1) is 20.6. The molecule has 1 aromatic heterocycles. The summed E-state index contributed by atoms with van der Waals surface area (Å²) < 4.78 is 4.99. The number of amides is 1. The summed E-state index contributed by atoms with van der Waals surface area (Å²) in [5.41, 5.74) is 1.88. The first-order valence-electron chi connectivity index (χ1n) is 8.03. The minimum atomic E-state index is -0.610. The fraction of sp³-hybridized carbons (Fsp3) is 0.105. The molecule has 2 aromatic carbocycles. The average Bonchev–Trinajstić information content (AvgIpc) is 3.11. The van der Waals surface area contributed by atoms with Crippen LogP contribution in [0.2, 0.25) is 15.1 Å². The Labute approximate surface area is 180 Å². The topological polar surface area (TPSA) is 68.3 Å². The maximum absolute atomic E-state index is 12.0. The Balaban J connectivity index is 1.54. The van der Waals surface area contributed by atoms with Crippen LogP contribution in [0.1, 0.15) is 5.56 Å². The van der Waals surface area contributed by atoms with E-state index in [0.29, 0.717) is 31.5 Å². The van der Waals surface area contributed by atoms with Crippen molar-refractivity contribution in [3.63, 3.8) is 0 Å². The second-order valence-corrected chi connectivity index (χ2v) is 7.68. The molecule has 0 aliphatic carbocycles. The van der Waals surface area contributed by atoms with Crippen molar-refractivity contribution in [2.45, 2.75) is 6.42 Å². The maximum Gasteiger partial charge on any atom is 0.310 e. The third-order valence-electron chi connectivity index (χ3n) is 3.65. The summed E-state index contributed by atoms with van der Waals surface area (Å²) in [6.45, 7) is -0.443. The first-order chi connectivity index (χ1) is 13.4. The van der Waals surface area contributed by atoms with E-state index < -0.39 is 18.5 Å². The highest BCUT2D eigenvalue weighted by molar-refractivity contribution is 7.14. The van der Waals surface area contributed by atoms with Gasteiger partial charge in [0.1, 0.15) is 0 Å². The number of hydrogen-bond acceptors (Lipinski definition) is 5. The first-order valence-corrected chi connectivity index (χ1v) is 10.0. The zero-order valence-corrected chi connectivity index (χ0v) is 17.3. The van der Waals surface area contributed by atoms with Gasteiger partial charge in [-0.15, -0.1) is 11.3 Å². The van der Waals surface area contributed by atoms with Crippen LogP contribution >= 0.6 is 46.1 Å². The van der Waals surface area contributed by atoms with Crippen molar-refractivity contribution in [2.24, 2.45) is 0 Å². The van der Waals surface area contributed by atoms with Crippen molar-refractivity contribution < 1.29 is 14.3 Å². The van der Waals surface area contributed by atoms with E-state index in [2.05, 4.69) is 10.3 Å². The van der Waals surface area contributed by atoms with Crippen LogP contribution in [-0.2, 0) is 20.7 Å². The molecule has 3 rings (SSSR count). The van der Waals surface area contributed by atoms with Crippen molar-refractivity contribution in [1.29, 1.82) is 0 Å². The highest BCUT2D eigenvalue weighted by Crippen LogP contribution is 2.30. The van der Waals surface area contributed by atoms with E-state index in [1.165, 1.54) is 11.3 Å². The fourth-order valence-corrected chi connectivity index (χ4v) is 3.81. The Morgan fingerprint density at radius 1 is 1.00 bits per heavy atom. The summed E-state index contributed by atoms with van der Waals surface area (Å²) in [7, 11) is 0. The molecule has 0 atom stereocenters. The molecule has 1 amide bonds. The van der Waals surface area contributed by atoms with Crippen molar-refractivity contribution in [3.05, 3.63) is 68.5 Å². The van der Waals surface area contributed by atoms with Crippen LogP contribution < -0.4 is 5.32 Å². The van der Waals surface area contributed by atoms with Crippen LogP contribution in [0.15, 0.2) is 47.8 Å². The number of hydrogen-bond donors (Lipinski definition) is 1. The van der Waals surface area contributed by atoms with Gasteiger partial charge in [-0.25, -0.2) is 4.98 Å². The number of ether oxygens (including phenoxy) is 1. The van der Waals surface area contributed by atoms with Gasteiger partial charge in [0, 0.05) is 31.6 Å². The van der Waals surface area contributed by atoms with Gasteiger partial charge in [-0.2, -0.15) is 0 Å². The molecule has 3 aromatic rings. The molecule has 0 radical (unpaired) electrons. The lowest BCUT2D eigenvalue weighted by atomic mass is 10.1. The molecule has 0 fully saturated rings. The molecule has 1 N–H and O–H groups in total. The lowest BCUT2D eigenvalue weighted by Crippen LogP contribution is -2.21. The molecule has 0 unspecified atom stereocenters. The van der Waals surface area contributed by atoms with Gasteiger partial charge in [0.15, 0.2) is 11.7 Å². The summed E-state index contributed by atoms with van der Waals surface area (Å²) in [6, 6.07) is 12.2. The van der Waals surface area contributed by atoms with Crippen LogP contribution in [0.25, 0.3) is 11.3 Å². The Morgan fingerprint density at radius 2 is 1.68 bits per heavy atom. The van der Waals surface area contributed by atoms with Gasteiger partial charge in [-0.3, -0.25) is 14.9 Å². The standard InChI is InChI=1S/C19H13Cl3N2O3S/c20-13-5-2-1-4-11(13)16-10-28-19(23-16)24-17(25)9-27-18(26)8-12-14(21)6-3-7-15(12)22/h1-7,10H,8-9H2,(H,23,24,25). The van der Waals surface area contributed by atoms with Gasteiger partial charge < -0.3 is 4.74 Å².